The van der Waals surface area contributed by atoms with Crippen molar-refractivity contribution in [2.24, 2.45) is 0 Å². The number of benzene rings is 1. The van der Waals surface area contributed by atoms with Crippen LogP contribution >= 0.6 is 15.9 Å². The van der Waals surface area contributed by atoms with Gasteiger partial charge in [-0.3, -0.25) is 0 Å². The van der Waals surface area contributed by atoms with Gasteiger partial charge in [-0.15, -0.1) is 5.06 Å². The number of nitrogens with zero attached hydrogens (tertiary/aromatic N) is 1. The van der Waals surface area contributed by atoms with Crippen LogP contribution in [-0.4, -0.2) is 17.6 Å². The van der Waals surface area contributed by atoms with E-state index in [1.54, 1.807) is 0 Å². The Morgan fingerprint density at radius 3 is 3.00 bits per heavy atom. The van der Waals surface area contributed by atoms with Crippen molar-refractivity contribution < 1.29 is 4.84 Å². The fourth-order valence-corrected chi connectivity index (χ4v) is 2.34. The Morgan fingerprint density at radius 1 is 1.47 bits per heavy atom. The van der Waals surface area contributed by atoms with Crippen LogP contribution in [0.2, 0.25) is 0 Å². The van der Waals surface area contributed by atoms with Crippen molar-refractivity contribution in [2.75, 3.05) is 6.54 Å². The molecule has 2 rings (SSSR count). The molecule has 0 aromatic heterocycles. The van der Waals surface area contributed by atoms with E-state index < -0.39 is 0 Å². The predicted octanol–water partition coefficient (Wildman–Crippen LogP) is 3.62. The average molecular weight is 270 g/mol. The first-order valence-corrected chi connectivity index (χ1v) is 6.29. The zero-order chi connectivity index (χ0) is 10.7. The summed E-state index contributed by atoms with van der Waals surface area (Å²) in [6, 6.07) is 8.58. The standard InChI is InChI=1S/C12H16BrNO/c1-2-10-6-5-9-14(10)15-12-8-4-3-7-11(12)13/h3-4,7-8,10H,2,5-6,9H2,1H3. The third-order valence-electron chi connectivity index (χ3n) is 2.85. The van der Waals surface area contributed by atoms with E-state index in [1.807, 2.05) is 24.3 Å². The summed E-state index contributed by atoms with van der Waals surface area (Å²) in [6.07, 6.45) is 3.65. The molecule has 1 heterocycles. The van der Waals surface area contributed by atoms with Crippen LogP contribution in [0.25, 0.3) is 0 Å². The first-order valence-electron chi connectivity index (χ1n) is 5.50. The Kier molecular flexibility index (Phi) is 3.65. The third-order valence-corrected chi connectivity index (χ3v) is 3.50. The highest BCUT2D eigenvalue weighted by molar-refractivity contribution is 9.10. The third kappa shape index (κ3) is 2.52. The lowest BCUT2D eigenvalue weighted by Gasteiger charge is -2.23. The Hall–Kier alpha value is -0.540. The van der Waals surface area contributed by atoms with E-state index in [-0.39, 0.29) is 0 Å². The topological polar surface area (TPSA) is 12.5 Å². The molecular weight excluding hydrogens is 254 g/mol. The van der Waals surface area contributed by atoms with Crippen LogP contribution in [0.4, 0.5) is 0 Å². The highest BCUT2D eigenvalue weighted by Crippen LogP contribution is 2.28. The molecule has 0 spiro atoms. The van der Waals surface area contributed by atoms with Gasteiger partial charge in [-0.1, -0.05) is 19.1 Å². The van der Waals surface area contributed by atoms with E-state index in [4.69, 9.17) is 4.84 Å². The molecule has 0 amide bonds. The second-order valence-electron chi connectivity index (χ2n) is 3.87. The highest BCUT2D eigenvalue weighted by atomic mass is 79.9. The van der Waals surface area contributed by atoms with E-state index in [1.165, 1.54) is 12.8 Å². The van der Waals surface area contributed by atoms with Gasteiger partial charge < -0.3 is 4.84 Å². The average Bonchev–Trinajstić information content (AvgIpc) is 2.69. The van der Waals surface area contributed by atoms with Gasteiger partial charge in [0.05, 0.1) is 4.47 Å². The molecule has 0 radical (unpaired) electrons. The minimum atomic E-state index is 0.581. The number of hydrogen-bond donors (Lipinski definition) is 0. The Labute approximate surface area is 99.3 Å². The summed E-state index contributed by atoms with van der Waals surface area (Å²) in [4.78, 5) is 5.90. The first kappa shape index (κ1) is 11.0. The second-order valence-corrected chi connectivity index (χ2v) is 4.72. The van der Waals surface area contributed by atoms with Gasteiger partial charge in [-0.25, -0.2) is 0 Å². The molecule has 0 aliphatic carbocycles. The van der Waals surface area contributed by atoms with E-state index >= 15 is 0 Å². The molecule has 1 saturated heterocycles. The predicted molar refractivity (Wildman–Crippen MR) is 64.8 cm³/mol. The van der Waals surface area contributed by atoms with Crippen LogP contribution in [0.5, 0.6) is 5.75 Å². The van der Waals surface area contributed by atoms with E-state index in [0.29, 0.717) is 6.04 Å². The van der Waals surface area contributed by atoms with Crippen LogP contribution in [0, 0.1) is 0 Å². The SMILES string of the molecule is CCC1CCCN1Oc1ccccc1Br. The Bertz CT molecular complexity index is 329. The maximum Gasteiger partial charge on any atom is 0.161 e. The van der Waals surface area contributed by atoms with Crippen molar-refractivity contribution >= 4 is 15.9 Å². The maximum atomic E-state index is 5.90. The molecule has 3 heteroatoms. The molecule has 1 unspecified atom stereocenters. The van der Waals surface area contributed by atoms with Crippen molar-refractivity contribution in [3.05, 3.63) is 28.7 Å². The largest absolute Gasteiger partial charge is 0.405 e. The summed E-state index contributed by atoms with van der Waals surface area (Å²) < 4.78 is 1.02. The number of hydrogen-bond acceptors (Lipinski definition) is 2. The van der Waals surface area contributed by atoms with Gasteiger partial charge in [0.15, 0.2) is 5.75 Å². The summed E-state index contributed by atoms with van der Waals surface area (Å²) in [6.45, 7) is 3.26. The monoisotopic (exact) mass is 269 g/mol. The lowest BCUT2D eigenvalue weighted by Crippen LogP contribution is -2.32. The number of rotatable bonds is 3. The summed E-state index contributed by atoms with van der Waals surface area (Å²) in [5.41, 5.74) is 0. The van der Waals surface area contributed by atoms with E-state index in [0.717, 1.165) is 23.2 Å². The lowest BCUT2D eigenvalue weighted by molar-refractivity contribution is -0.0716. The molecule has 82 valence electrons. The fourth-order valence-electron chi connectivity index (χ4n) is 1.98. The van der Waals surface area contributed by atoms with Crippen LogP contribution in [-0.2, 0) is 0 Å². The van der Waals surface area contributed by atoms with Gasteiger partial charge in [0.2, 0.25) is 0 Å². The van der Waals surface area contributed by atoms with Gasteiger partial charge in [0.1, 0.15) is 0 Å². The molecule has 0 bridgehead atoms. The second kappa shape index (κ2) is 4.99. The van der Waals surface area contributed by atoms with Gasteiger partial charge in [-0.2, -0.15) is 0 Å². The molecule has 1 aromatic rings. The highest BCUT2D eigenvalue weighted by Gasteiger charge is 2.24. The van der Waals surface area contributed by atoms with Crippen molar-refractivity contribution in [3.63, 3.8) is 0 Å². The van der Waals surface area contributed by atoms with Crippen molar-refractivity contribution in [1.82, 2.24) is 5.06 Å². The minimum Gasteiger partial charge on any atom is -0.405 e. The molecule has 0 N–H and O–H groups in total. The van der Waals surface area contributed by atoms with Crippen molar-refractivity contribution in [2.45, 2.75) is 32.2 Å². The zero-order valence-corrected chi connectivity index (χ0v) is 10.5. The van der Waals surface area contributed by atoms with Crippen LogP contribution in [0.3, 0.4) is 0 Å². The van der Waals surface area contributed by atoms with Crippen molar-refractivity contribution in [3.8, 4) is 5.75 Å². The Morgan fingerprint density at radius 2 is 2.27 bits per heavy atom. The molecule has 0 saturated carbocycles. The molecule has 1 aliphatic rings. The zero-order valence-electron chi connectivity index (χ0n) is 8.95. The lowest BCUT2D eigenvalue weighted by atomic mass is 10.2. The minimum absolute atomic E-state index is 0.581. The quantitative estimate of drug-likeness (QED) is 0.831. The normalized spacial score (nSPS) is 21.9. The summed E-state index contributed by atoms with van der Waals surface area (Å²) in [7, 11) is 0. The van der Waals surface area contributed by atoms with Gasteiger partial charge in [0, 0.05) is 12.6 Å². The molecule has 1 atom stereocenters. The van der Waals surface area contributed by atoms with E-state index in [2.05, 4.69) is 27.9 Å². The van der Waals surface area contributed by atoms with Gasteiger partial charge in [0.25, 0.3) is 0 Å². The van der Waals surface area contributed by atoms with Crippen LogP contribution < -0.4 is 4.84 Å². The number of para-hydroxylation sites is 1. The Balaban J connectivity index is 2.05. The molecular formula is C12H16BrNO. The first-order chi connectivity index (χ1) is 7.31. The number of hydroxylamine groups is 2. The summed E-state index contributed by atoms with van der Waals surface area (Å²) in [5.74, 6) is 0.915. The van der Waals surface area contributed by atoms with Crippen LogP contribution in [0.1, 0.15) is 26.2 Å². The molecule has 1 aliphatic heterocycles. The summed E-state index contributed by atoms with van der Waals surface area (Å²) in [5, 5.41) is 2.11. The van der Waals surface area contributed by atoms with Crippen LogP contribution in [0.15, 0.2) is 28.7 Å². The van der Waals surface area contributed by atoms with Gasteiger partial charge in [-0.05, 0) is 47.3 Å². The number of halogens is 1. The van der Waals surface area contributed by atoms with E-state index in [9.17, 15) is 0 Å². The van der Waals surface area contributed by atoms with Crippen molar-refractivity contribution in [1.29, 1.82) is 0 Å². The van der Waals surface area contributed by atoms with Gasteiger partial charge >= 0.3 is 0 Å². The molecule has 2 nitrogen and oxygen atoms in total. The smallest absolute Gasteiger partial charge is 0.161 e. The summed E-state index contributed by atoms with van der Waals surface area (Å²) >= 11 is 3.49. The molecule has 1 fully saturated rings. The molecule has 1 aromatic carbocycles. The maximum absolute atomic E-state index is 5.90. The molecule has 15 heavy (non-hydrogen) atoms. The fraction of sp³-hybridized carbons (Fsp3) is 0.500.